The fourth-order valence-corrected chi connectivity index (χ4v) is 6.61. The molecule has 1 unspecified atom stereocenters. The van der Waals surface area contributed by atoms with E-state index in [-0.39, 0.29) is 37.5 Å². The maximum atomic E-state index is 12.7. The number of hydrogen-bond donors (Lipinski definition) is 0. The summed E-state index contributed by atoms with van der Waals surface area (Å²) in [6.45, 7) is 6.26. The molecule has 0 N–H and O–H groups in total. The molecule has 65 heavy (non-hydrogen) atoms. The van der Waals surface area contributed by atoms with Crippen LogP contribution in [0.25, 0.3) is 0 Å². The van der Waals surface area contributed by atoms with Crippen molar-refractivity contribution in [1.82, 2.24) is 0 Å². The smallest absolute Gasteiger partial charge is 0.306 e. The molecule has 0 spiro atoms. The van der Waals surface area contributed by atoms with Gasteiger partial charge in [-0.25, -0.2) is 0 Å². The van der Waals surface area contributed by atoms with Crippen molar-refractivity contribution in [2.75, 3.05) is 13.2 Å². The van der Waals surface area contributed by atoms with Crippen LogP contribution in [0.15, 0.2) is 122 Å². The maximum absolute atomic E-state index is 12.7. The van der Waals surface area contributed by atoms with Gasteiger partial charge < -0.3 is 14.2 Å². The molecule has 0 aliphatic heterocycles. The number of allylic oxidation sites excluding steroid dienone is 20. The fourth-order valence-electron chi connectivity index (χ4n) is 6.61. The molecule has 0 aromatic rings. The summed E-state index contributed by atoms with van der Waals surface area (Å²) in [4.78, 5) is 37.6. The predicted octanol–water partition coefficient (Wildman–Crippen LogP) is 17.3. The summed E-state index contributed by atoms with van der Waals surface area (Å²) in [5, 5.41) is 0. The average Bonchev–Trinajstić information content (AvgIpc) is 3.30. The van der Waals surface area contributed by atoms with Crippen LogP contribution >= 0.6 is 0 Å². The lowest BCUT2D eigenvalue weighted by molar-refractivity contribution is -0.167. The SMILES string of the molecule is CC/C=C\C/C=C\C/C=C\C/C=C\C/C=C\C/C=C\CCCCCCCCCCC(=O)OCC(COC(=O)CCCCCCC)OC(=O)CCCC/C=C\C/C=C\C/C=C\C/C=C\CC. The molecule has 0 fully saturated rings. The van der Waals surface area contributed by atoms with Crippen LogP contribution in [0.3, 0.4) is 0 Å². The number of esters is 3. The normalized spacial score (nSPS) is 13.1. The average molecular weight is 899 g/mol. The van der Waals surface area contributed by atoms with E-state index in [9.17, 15) is 14.4 Å². The second kappa shape index (κ2) is 52.4. The van der Waals surface area contributed by atoms with Crippen molar-refractivity contribution in [2.24, 2.45) is 0 Å². The van der Waals surface area contributed by atoms with Crippen LogP contribution in [-0.2, 0) is 28.6 Å². The van der Waals surface area contributed by atoms with Crippen LogP contribution in [0.4, 0.5) is 0 Å². The monoisotopic (exact) mass is 899 g/mol. The van der Waals surface area contributed by atoms with Crippen LogP contribution in [0.5, 0.6) is 0 Å². The van der Waals surface area contributed by atoms with Crippen molar-refractivity contribution in [2.45, 2.75) is 219 Å². The van der Waals surface area contributed by atoms with Crippen molar-refractivity contribution >= 4 is 17.9 Å². The van der Waals surface area contributed by atoms with E-state index >= 15 is 0 Å². The zero-order valence-corrected chi connectivity index (χ0v) is 41.7. The van der Waals surface area contributed by atoms with Crippen LogP contribution in [0, 0.1) is 0 Å². The topological polar surface area (TPSA) is 78.9 Å². The van der Waals surface area contributed by atoms with Crippen LogP contribution < -0.4 is 0 Å². The quantitative estimate of drug-likeness (QED) is 0.0262. The van der Waals surface area contributed by atoms with Crippen molar-refractivity contribution in [1.29, 1.82) is 0 Å². The Bertz CT molecular complexity index is 1400. The van der Waals surface area contributed by atoms with E-state index in [4.69, 9.17) is 14.2 Å². The number of rotatable bonds is 45. The summed E-state index contributed by atoms with van der Waals surface area (Å²) in [5.74, 6) is -0.974. The van der Waals surface area contributed by atoms with E-state index in [1.807, 2.05) is 0 Å². The largest absolute Gasteiger partial charge is 0.462 e. The molecule has 6 heteroatoms. The van der Waals surface area contributed by atoms with Gasteiger partial charge in [-0.1, -0.05) is 206 Å². The fraction of sp³-hybridized carbons (Fsp3) is 0.610. The molecular formula is C59H94O6. The van der Waals surface area contributed by atoms with Gasteiger partial charge in [-0.15, -0.1) is 0 Å². The molecular weight excluding hydrogens is 805 g/mol. The van der Waals surface area contributed by atoms with Crippen molar-refractivity contribution in [3.63, 3.8) is 0 Å². The molecule has 0 rings (SSSR count). The predicted molar refractivity (Wildman–Crippen MR) is 279 cm³/mol. The Labute approximate surface area is 399 Å². The van der Waals surface area contributed by atoms with Crippen LogP contribution in [0.2, 0.25) is 0 Å². The Kier molecular flexibility index (Phi) is 49.1. The third-order valence-corrected chi connectivity index (χ3v) is 10.5. The minimum atomic E-state index is -0.802. The molecule has 0 saturated heterocycles. The molecule has 0 saturated carbocycles. The minimum Gasteiger partial charge on any atom is -0.462 e. The molecule has 0 radical (unpaired) electrons. The van der Waals surface area contributed by atoms with Gasteiger partial charge in [0, 0.05) is 19.3 Å². The van der Waals surface area contributed by atoms with Gasteiger partial charge in [0.1, 0.15) is 13.2 Å². The van der Waals surface area contributed by atoms with E-state index in [1.165, 1.54) is 32.1 Å². The summed E-state index contributed by atoms with van der Waals surface area (Å²) >= 11 is 0. The number of carbonyl (C=O) groups is 3. The van der Waals surface area contributed by atoms with E-state index < -0.39 is 6.10 Å². The van der Waals surface area contributed by atoms with Gasteiger partial charge >= 0.3 is 17.9 Å². The summed E-state index contributed by atoms with van der Waals surface area (Å²) in [7, 11) is 0. The van der Waals surface area contributed by atoms with Crippen LogP contribution in [-0.4, -0.2) is 37.2 Å². The molecule has 1 atom stereocenters. The summed E-state index contributed by atoms with van der Waals surface area (Å²) < 4.78 is 16.6. The highest BCUT2D eigenvalue weighted by Gasteiger charge is 2.19. The standard InChI is InChI=1S/C59H94O6/c1-4-7-10-13-15-17-19-21-23-24-25-26-27-28-29-30-31-32-33-34-36-37-39-41-43-46-49-52-58(61)64-55-56(54-63-57(60)51-48-45-12-9-6-3)65-59(62)53-50-47-44-42-40-38-35-22-20-18-16-14-11-8-5-2/h7-8,10-11,15-18,21-23,25-26,28-29,31-32,35,40,42,56H,4-6,9,12-14,19-20,24,27,30,33-34,36-39,41,43-55H2,1-3H3/b10-7-,11-8-,17-15-,18-16-,23-21-,26-25-,29-28-,32-31-,35-22-,42-40-. The highest BCUT2D eigenvalue weighted by Crippen LogP contribution is 2.13. The third-order valence-electron chi connectivity index (χ3n) is 10.5. The molecule has 366 valence electrons. The first-order valence-electron chi connectivity index (χ1n) is 26.0. The molecule has 0 bridgehead atoms. The summed E-state index contributed by atoms with van der Waals surface area (Å²) in [5.41, 5.74) is 0. The number of ether oxygens (including phenoxy) is 3. The highest BCUT2D eigenvalue weighted by molar-refractivity contribution is 5.71. The molecule has 6 nitrogen and oxygen atoms in total. The Morgan fingerprint density at radius 2 is 0.600 bits per heavy atom. The third kappa shape index (κ3) is 50.7. The highest BCUT2D eigenvalue weighted by atomic mass is 16.6. The molecule has 0 aliphatic carbocycles. The Balaban J connectivity index is 4.19. The van der Waals surface area contributed by atoms with E-state index in [1.54, 1.807) is 0 Å². The Hall–Kier alpha value is -4.19. The van der Waals surface area contributed by atoms with Gasteiger partial charge in [-0.3, -0.25) is 14.4 Å². The zero-order chi connectivity index (χ0) is 47.2. The molecule has 0 aliphatic rings. The van der Waals surface area contributed by atoms with Crippen molar-refractivity contribution in [3.05, 3.63) is 122 Å². The zero-order valence-electron chi connectivity index (χ0n) is 41.7. The minimum absolute atomic E-state index is 0.101. The van der Waals surface area contributed by atoms with E-state index in [2.05, 4.69) is 142 Å². The van der Waals surface area contributed by atoms with E-state index in [0.717, 1.165) is 135 Å². The van der Waals surface area contributed by atoms with Gasteiger partial charge in [-0.05, 0) is 109 Å². The van der Waals surface area contributed by atoms with Gasteiger partial charge in [0.2, 0.25) is 0 Å². The number of carbonyl (C=O) groups excluding carboxylic acids is 3. The second-order valence-corrected chi connectivity index (χ2v) is 16.7. The number of unbranched alkanes of at least 4 members (excludes halogenated alkanes) is 14. The number of hydrogen-bond acceptors (Lipinski definition) is 6. The lowest BCUT2D eigenvalue weighted by Crippen LogP contribution is -2.30. The summed E-state index contributed by atoms with van der Waals surface area (Å²) in [6, 6.07) is 0. The summed E-state index contributed by atoms with van der Waals surface area (Å²) in [6.07, 6.45) is 72.3. The Morgan fingerprint density at radius 1 is 0.323 bits per heavy atom. The molecule has 0 amide bonds. The lowest BCUT2D eigenvalue weighted by Gasteiger charge is -2.18. The van der Waals surface area contributed by atoms with E-state index in [0.29, 0.717) is 19.3 Å². The van der Waals surface area contributed by atoms with Crippen molar-refractivity contribution in [3.8, 4) is 0 Å². The first-order valence-corrected chi connectivity index (χ1v) is 26.0. The maximum Gasteiger partial charge on any atom is 0.306 e. The van der Waals surface area contributed by atoms with Gasteiger partial charge in [0.05, 0.1) is 0 Å². The molecule has 0 aromatic carbocycles. The van der Waals surface area contributed by atoms with Gasteiger partial charge in [-0.2, -0.15) is 0 Å². The molecule has 0 aromatic heterocycles. The lowest BCUT2D eigenvalue weighted by atomic mass is 10.1. The second-order valence-electron chi connectivity index (χ2n) is 16.7. The Morgan fingerprint density at radius 3 is 0.969 bits per heavy atom. The van der Waals surface area contributed by atoms with Gasteiger partial charge in [0.15, 0.2) is 6.10 Å². The van der Waals surface area contributed by atoms with Crippen molar-refractivity contribution < 1.29 is 28.6 Å². The van der Waals surface area contributed by atoms with Crippen LogP contribution in [0.1, 0.15) is 213 Å². The first kappa shape index (κ1) is 60.8. The molecule has 0 heterocycles. The van der Waals surface area contributed by atoms with Gasteiger partial charge in [0.25, 0.3) is 0 Å². The first-order chi connectivity index (χ1) is 32.0.